The summed E-state index contributed by atoms with van der Waals surface area (Å²) in [4.78, 5) is 25.7. The molecule has 1 heterocycles. The Morgan fingerprint density at radius 1 is 1.44 bits per heavy atom. The van der Waals surface area contributed by atoms with Gasteiger partial charge in [-0.2, -0.15) is 0 Å². The first-order valence-electron chi connectivity index (χ1n) is 6.08. The van der Waals surface area contributed by atoms with Gasteiger partial charge in [0.15, 0.2) is 0 Å². The summed E-state index contributed by atoms with van der Waals surface area (Å²) in [6.45, 7) is 1.53. The lowest BCUT2D eigenvalue weighted by atomic mass is 10.1. The molecule has 0 aromatic heterocycles. The fraction of sp³-hybridized carbons (Fsp3) is 0.818. The first-order chi connectivity index (χ1) is 8.41. The molecule has 0 aromatic carbocycles. The summed E-state index contributed by atoms with van der Waals surface area (Å²) < 4.78 is 0. The Morgan fingerprint density at radius 2 is 2.00 bits per heavy atom. The van der Waals surface area contributed by atoms with E-state index in [-0.39, 0.29) is 18.6 Å². The molecule has 1 atom stereocenters. The van der Waals surface area contributed by atoms with Crippen LogP contribution in [0.15, 0.2) is 0 Å². The molecule has 1 saturated heterocycles. The Hall–Kier alpha value is -1.34. The van der Waals surface area contributed by atoms with Gasteiger partial charge in [0.05, 0.1) is 0 Å². The van der Waals surface area contributed by atoms with Crippen molar-refractivity contribution in [1.82, 2.24) is 15.1 Å². The number of carbonyl (C=O) groups is 2. The first kappa shape index (κ1) is 14.7. The van der Waals surface area contributed by atoms with E-state index in [1.54, 1.807) is 23.9 Å². The van der Waals surface area contributed by atoms with E-state index in [1.807, 2.05) is 0 Å². The molecule has 1 unspecified atom stereocenters. The number of piperidine rings is 1. The fourth-order valence-electron chi connectivity index (χ4n) is 1.94. The van der Waals surface area contributed by atoms with Crippen LogP contribution in [0.25, 0.3) is 0 Å². The van der Waals surface area contributed by atoms with Gasteiger partial charge in [0.1, 0.15) is 6.10 Å². The molecule has 0 aliphatic carbocycles. The molecule has 1 rings (SSSR count). The van der Waals surface area contributed by atoms with Crippen molar-refractivity contribution in [1.29, 1.82) is 0 Å². The van der Waals surface area contributed by atoms with Crippen molar-refractivity contribution in [2.24, 2.45) is 5.73 Å². The summed E-state index contributed by atoms with van der Waals surface area (Å²) in [5, 5.41) is 12.4. The molecule has 0 radical (unpaired) electrons. The third kappa shape index (κ3) is 4.15. The number of nitrogens with one attached hydrogen (secondary N) is 1. The van der Waals surface area contributed by atoms with Crippen molar-refractivity contribution in [2.75, 3.05) is 33.7 Å². The Kier molecular flexibility index (Phi) is 5.36. The number of hydrogen-bond donors (Lipinski definition) is 3. The summed E-state index contributed by atoms with van der Waals surface area (Å²) in [6.07, 6.45) is 0.474. The monoisotopic (exact) mass is 258 g/mol. The maximum absolute atomic E-state index is 11.7. The number of likely N-dealkylation sites (tertiary alicyclic amines) is 1. The minimum atomic E-state index is -1.15. The van der Waals surface area contributed by atoms with Gasteiger partial charge in [0.25, 0.3) is 0 Å². The van der Waals surface area contributed by atoms with E-state index in [4.69, 9.17) is 5.73 Å². The number of nitrogens with zero attached hydrogens (tertiary/aromatic N) is 2. The summed E-state index contributed by atoms with van der Waals surface area (Å²) in [5.74, 6) is -0.720. The highest BCUT2D eigenvalue weighted by Gasteiger charge is 2.24. The molecule has 0 bridgehead atoms. The van der Waals surface area contributed by atoms with Crippen molar-refractivity contribution in [2.45, 2.75) is 25.0 Å². The second-order valence-corrected chi connectivity index (χ2v) is 4.76. The molecule has 3 amide bonds. The van der Waals surface area contributed by atoms with Crippen LogP contribution in [-0.2, 0) is 4.79 Å². The van der Waals surface area contributed by atoms with E-state index in [1.165, 1.54) is 0 Å². The van der Waals surface area contributed by atoms with Crippen LogP contribution in [-0.4, -0.2) is 72.7 Å². The Bertz CT molecular complexity index is 301. The highest BCUT2D eigenvalue weighted by atomic mass is 16.3. The number of primary amides is 1. The van der Waals surface area contributed by atoms with Crippen molar-refractivity contribution in [3.05, 3.63) is 0 Å². The lowest BCUT2D eigenvalue weighted by Gasteiger charge is -2.34. The standard InChI is InChI=1S/C11H22N4O3/c1-14(2)11(18)15-5-3-8(4-6-15)13-7-9(16)10(12)17/h8-9,13,16H,3-7H2,1-2H3,(H2,12,17). The van der Waals surface area contributed by atoms with E-state index in [2.05, 4.69) is 5.32 Å². The molecular weight excluding hydrogens is 236 g/mol. The summed E-state index contributed by atoms with van der Waals surface area (Å²) in [7, 11) is 3.46. The maximum atomic E-state index is 11.7. The number of urea groups is 1. The van der Waals surface area contributed by atoms with Gasteiger partial charge in [-0.05, 0) is 12.8 Å². The number of nitrogens with two attached hydrogens (primary N) is 1. The normalized spacial score (nSPS) is 18.5. The van der Waals surface area contributed by atoms with E-state index >= 15 is 0 Å². The molecular formula is C11H22N4O3. The SMILES string of the molecule is CN(C)C(=O)N1CCC(NCC(O)C(N)=O)CC1. The summed E-state index contributed by atoms with van der Waals surface area (Å²) in [6, 6.07) is 0.232. The number of aliphatic hydroxyl groups is 1. The van der Waals surface area contributed by atoms with Gasteiger partial charge in [-0.1, -0.05) is 0 Å². The van der Waals surface area contributed by atoms with Crippen LogP contribution in [0.2, 0.25) is 0 Å². The molecule has 7 heteroatoms. The van der Waals surface area contributed by atoms with Crippen LogP contribution in [0, 0.1) is 0 Å². The molecule has 1 aliphatic rings. The highest BCUT2D eigenvalue weighted by Crippen LogP contribution is 2.11. The first-order valence-corrected chi connectivity index (χ1v) is 6.08. The number of carbonyl (C=O) groups excluding carboxylic acids is 2. The van der Waals surface area contributed by atoms with Crippen LogP contribution in [0.1, 0.15) is 12.8 Å². The van der Waals surface area contributed by atoms with Gasteiger partial charge >= 0.3 is 6.03 Å². The van der Waals surface area contributed by atoms with Crippen molar-refractivity contribution < 1.29 is 14.7 Å². The molecule has 0 spiro atoms. The van der Waals surface area contributed by atoms with Gasteiger partial charge in [-0.15, -0.1) is 0 Å². The van der Waals surface area contributed by atoms with Gasteiger partial charge < -0.3 is 26.0 Å². The molecule has 7 nitrogen and oxygen atoms in total. The predicted molar refractivity (Wildman–Crippen MR) is 66.9 cm³/mol. The Morgan fingerprint density at radius 3 is 2.44 bits per heavy atom. The number of rotatable bonds is 4. The third-order valence-electron chi connectivity index (χ3n) is 3.08. The van der Waals surface area contributed by atoms with E-state index in [0.29, 0.717) is 13.1 Å². The molecule has 104 valence electrons. The molecule has 0 aromatic rings. The van der Waals surface area contributed by atoms with E-state index in [9.17, 15) is 14.7 Å². The minimum absolute atomic E-state index is 0.0191. The minimum Gasteiger partial charge on any atom is -0.382 e. The van der Waals surface area contributed by atoms with Crippen LogP contribution in [0.5, 0.6) is 0 Å². The van der Waals surface area contributed by atoms with Crippen LogP contribution in [0.3, 0.4) is 0 Å². The van der Waals surface area contributed by atoms with E-state index < -0.39 is 12.0 Å². The van der Waals surface area contributed by atoms with Crippen molar-refractivity contribution in [3.63, 3.8) is 0 Å². The molecule has 4 N–H and O–H groups in total. The predicted octanol–water partition coefficient (Wildman–Crippen LogP) is -1.43. The lowest BCUT2D eigenvalue weighted by molar-refractivity contribution is -0.125. The second-order valence-electron chi connectivity index (χ2n) is 4.76. The Labute approximate surface area is 107 Å². The zero-order chi connectivity index (χ0) is 13.7. The largest absolute Gasteiger partial charge is 0.382 e. The second kappa shape index (κ2) is 6.55. The van der Waals surface area contributed by atoms with Gasteiger partial charge in [0.2, 0.25) is 5.91 Å². The average Bonchev–Trinajstić information content (AvgIpc) is 2.35. The Balaban J connectivity index is 2.27. The topological polar surface area (TPSA) is 98.9 Å². The number of hydrogen-bond acceptors (Lipinski definition) is 4. The fourth-order valence-corrected chi connectivity index (χ4v) is 1.94. The zero-order valence-electron chi connectivity index (χ0n) is 10.9. The molecule has 0 saturated carbocycles. The maximum Gasteiger partial charge on any atom is 0.319 e. The number of amides is 3. The zero-order valence-corrected chi connectivity index (χ0v) is 10.9. The van der Waals surface area contributed by atoms with Crippen LogP contribution >= 0.6 is 0 Å². The van der Waals surface area contributed by atoms with E-state index in [0.717, 1.165) is 12.8 Å². The number of aliphatic hydroxyl groups excluding tert-OH is 1. The summed E-state index contributed by atoms with van der Waals surface area (Å²) >= 11 is 0. The average molecular weight is 258 g/mol. The van der Waals surface area contributed by atoms with Crippen LogP contribution < -0.4 is 11.1 Å². The molecule has 1 fully saturated rings. The lowest BCUT2D eigenvalue weighted by Crippen LogP contribution is -2.50. The van der Waals surface area contributed by atoms with Crippen molar-refractivity contribution in [3.8, 4) is 0 Å². The molecule has 18 heavy (non-hydrogen) atoms. The summed E-state index contributed by atoms with van der Waals surface area (Å²) in [5.41, 5.74) is 4.96. The van der Waals surface area contributed by atoms with Crippen molar-refractivity contribution >= 4 is 11.9 Å². The smallest absolute Gasteiger partial charge is 0.319 e. The quantitative estimate of drug-likeness (QED) is 0.575. The molecule has 1 aliphatic heterocycles. The highest BCUT2D eigenvalue weighted by molar-refractivity contribution is 5.78. The van der Waals surface area contributed by atoms with Gasteiger partial charge in [-0.3, -0.25) is 4.79 Å². The van der Waals surface area contributed by atoms with Gasteiger partial charge in [-0.25, -0.2) is 4.79 Å². The third-order valence-corrected chi connectivity index (χ3v) is 3.08. The van der Waals surface area contributed by atoms with Crippen LogP contribution in [0.4, 0.5) is 4.79 Å². The van der Waals surface area contributed by atoms with Gasteiger partial charge in [0, 0.05) is 39.8 Å².